The molecule has 1 heterocycles. The summed E-state index contributed by atoms with van der Waals surface area (Å²) in [5.74, 6) is 0.679. The van der Waals surface area contributed by atoms with Crippen molar-refractivity contribution < 1.29 is 5.11 Å². The fraction of sp³-hybridized carbons (Fsp3) is 0.529. The maximum Gasteiger partial charge on any atom is 0.117 e. The Morgan fingerprint density at radius 1 is 1.29 bits per heavy atom. The molecule has 1 aromatic heterocycles. The molecule has 1 saturated carbocycles. The zero-order chi connectivity index (χ0) is 15.0. The minimum absolute atomic E-state index is 0.102. The van der Waals surface area contributed by atoms with Crippen LogP contribution in [0.5, 0.6) is 0 Å². The monoisotopic (exact) mass is 302 g/mol. The average Bonchev–Trinajstić information content (AvgIpc) is 2.85. The lowest BCUT2D eigenvalue weighted by atomic mass is 9.79. The second kappa shape index (κ2) is 5.50. The van der Waals surface area contributed by atoms with Crippen LogP contribution in [0.15, 0.2) is 24.3 Å². The number of hydrogen-bond donors (Lipinski definition) is 1. The lowest BCUT2D eigenvalue weighted by Gasteiger charge is -2.26. The summed E-state index contributed by atoms with van der Waals surface area (Å²) in [5, 5.41) is 15.0. The van der Waals surface area contributed by atoms with Crippen LogP contribution in [0.25, 0.3) is 0 Å². The smallest absolute Gasteiger partial charge is 0.117 e. The van der Waals surface area contributed by atoms with E-state index in [4.69, 9.17) is 0 Å². The summed E-state index contributed by atoms with van der Waals surface area (Å²) in [6.45, 7) is 6.31. The molecule has 3 nitrogen and oxygen atoms in total. The third kappa shape index (κ3) is 2.87. The highest BCUT2D eigenvalue weighted by atomic mass is 32.1. The largest absolute Gasteiger partial charge is 0.383 e. The van der Waals surface area contributed by atoms with Gasteiger partial charge in [0.1, 0.15) is 6.10 Å². The summed E-state index contributed by atoms with van der Waals surface area (Å²) in [6.07, 6.45) is 3.24. The Labute approximate surface area is 130 Å². The van der Waals surface area contributed by atoms with Crippen LogP contribution in [0, 0.1) is 0 Å². The van der Waals surface area contributed by atoms with E-state index in [1.54, 1.807) is 0 Å². The maximum atomic E-state index is 10.8. The van der Waals surface area contributed by atoms with Gasteiger partial charge < -0.3 is 5.11 Å². The van der Waals surface area contributed by atoms with Crippen molar-refractivity contribution in [2.75, 3.05) is 0 Å². The zero-order valence-electron chi connectivity index (χ0n) is 12.8. The van der Waals surface area contributed by atoms with E-state index < -0.39 is 6.10 Å². The number of rotatable bonds is 3. The van der Waals surface area contributed by atoms with Crippen LogP contribution in [0.4, 0.5) is 0 Å². The predicted molar refractivity (Wildman–Crippen MR) is 85.7 cm³/mol. The molecule has 3 rings (SSSR count). The molecule has 2 aromatic rings. The third-order valence-corrected chi connectivity index (χ3v) is 5.05. The van der Waals surface area contributed by atoms with Gasteiger partial charge in [0.25, 0.3) is 0 Å². The molecule has 1 aliphatic rings. The normalized spacial score (nSPS) is 17.5. The summed E-state index contributed by atoms with van der Waals surface area (Å²) >= 11 is 1.30. The van der Waals surface area contributed by atoms with Crippen LogP contribution >= 0.6 is 11.5 Å². The minimum atomic E-state index is -0.626. The number of benzene rings is 1. The second-order valence-corrected chi connectivity index (χ2v) is 7.72. The minimum Gasteiger partial charge on any atom is -0.383 e. The lowest BCUT2D eigenvalue weighted by molar-refractivity contribution is 0.221. The fourth-order valence-electron chi connectivity index (χ4n) is 2.77. The molecule has 1 aromatic carbocycles. The molecule has 4 heteroatoms. The Morgan fingerprint density at radius 2 is 2.05 bits per heavy atom. The van der Waals surface area contributed by atoms with Crippen LogP contribution in [0.2, 0.25) is 0 Å². The van der Waals surface area contributed by atoms with Gasteiger partial charge in [-0.25, -0.2) is 0 Å². The van der Waals surface area contributed by atoms with Crippen LogP contribution in [-0.4, -0.2) is 14.7 Å². The number of aliphatic hydroxyl groups excluding tert-OH is 1. The molecule has 0 bridgehead atoms. The SMILES string of the molecule is CC(C)(C)c1nnsc1C(O)c1cccc(C2CCC2)c1. The second-order valence-electron chi connectivity index (χ2n) is 6.94. The molecular formula is C17H22N2OS. The topological polar surface area (TPSA) is 46.0 Å². The molecule has 1 aliphatic carbocycles. The van der Waals surface area contributed by atoms with Crippen molar-refractivity contribution in [3.63, 3.8) is 0 Å². The first kappa shape index (κ1) is 14.7. The van der Waals surface area contributed by atoms with Gasteiger partial charge in [-0.3, -0.25) is 0 Å². The van der Waals surface area contributed by atoms with Crippen LogP contribution < -0.4 is 0 Å². The summed E-state index contributed by atoms with van der Waals surface area (Å²) in [6, 6.07) is 8.38. The van der Waals surface area contributed by atoms with Crippen LogP contribution in [0.3, 0.4) is 0 Å². The summed E-state index contributed by atoms with van der Waals surface area (Å²) in [4.78, 5) is 0.869. The third-order valence-electron chi connectivity index (χ3n) is 4.28. The maximum absolute atomic E-state index is 10.8. The molecule has 0 aliphatic heterocycles. The number of nitrogens with zero attached hydrogens (tertiary/aromatic N) is 2. The van der Waals surface area contributed by atoms with Crippen molar-refractivity contribution in [2.24, 2.45) is 0 Å². The molecule has 21 heavy (non-hydrogen) atoms. The Hall–Kier alpha value is -1.26. The van der Waals surface area contributed by atoms with Gasteiger partial charge in [0.15, 0.2) is 0 Å². The highest BCUT2D eigenvalue weighted by Crippen LogP contribution is 2.38. The average molecular weight is 302 g/mol. The quantitative estimate of drug-likeness (QED) is 0.925. The molecular weight excluding hydrogens is 280 g/mol. The van der Waals surface area contributed by atoms with E-state index in [0.717, 1.165) is 16.1 Å². The summed E-state index contributed by atoms with van der Waals surface area (Å²) in [7, 11) is 0. The van der Waals surface area contributed by atoms with Crippen molar-refractivity contribution in [1.29, 1.82) is 0 Å². The summed E-state index contributed by atoms with van der Waals surface area (Å²) in [5.41, 5.74) is 3.10. The lowest BCUT2D eigenvalue weighted by Crippen LogP contribution is -2.16. The highest BCUT2D eigenvalue weighted by Gasteiger charge is 2.28. The van der Waals surface area contributed by atoms with E-state index in [2.05, 4.69) is 48.6 Å². The number of hydrogen-bond acceptors (Lipinski definition) is 4. The van der Waals surface area contributed by atoms with Crippen LogP contribution in [-0.2, 0) is 5.41 Å². The standard InChI is InChI=1S/C17H22N2OS/c1-17(2,3)16-15(21-19-18-16)14(20)13-9-5-8-12(10-13)11-6-4-7-11/h5,8-11,14,20H,4,6-7H2,1-3H3. The van der Waals surface area contributed by atoms with Crippen molar-refractivity contribution in [3.05, 3.63) is 46.0 Å². The highest BCUT2D eigenvalue weighted by molar-refractivity contribution is 7.05. The van der Waals surface area contributed by atoms with Crippen LogP contribution in [0.1, 0.15) is 73.8 Å². The van der Waals surface area contributed by atoms with Gasteiger partial charge in [-0.05, 0) is 41.4 Å². The molecule has 112 valence electrons. The molecule has 0 radical (unpaired) electrons. The Balaban J connectivity index is 1.92. The first-order valence-electron chi connectivity index (χ1n) is 7.57. The molecule has 0 spiro atoms. The van der Waals surface area contributed by atoms with Gasteiger partial charge >= 0.3 is 0 Å². The van der Waals surface area contributed by atoms with Gasteiger partial charge in [-0.2, -0.15) is 0 Å². The molecule has 1 fully saturated rings. The first-order chi connectivity index (χ1) is 9.97. The van der Waals surface area contributed by atoms with E-state index >= 15 is 0 Å². The van der Waals surface area contributed by atoms with Crippen molar-refractivity contribution in [2.45, 2.75) is 57.5 Å². The fourth-order valence-corrected chi connectivity index (χ4v) is 3.65. The van der Waals surface area contributed by atoms with Crippen molar-refractivity contribution >= 4 is 11.5 Å². The van der Waals surface area contributed by atoms with Gasteiger partial charge in [0.05, 0.1) is 10.6 Å². The first-order valence-corrected chi connectivity index (χ1v) is 8.35. The number of aromatic nitrogens is 2. The van der Waals surface area contributed by atoms with Gasteiger partial charge in [-0.1, -0.05) is 55.9 Å². The van der Waals surface area contributed by atoms with Crippen molar-refractivity contribution in [3.8, 4) is 0 Å². The number of aliphatic hydroxyl groups is 1. The summed E-state index contributed by atoms with van der Waals surface area (Å²) < 4.78 is 4.05. The van der Waals surface area contributed by atoms with Crippen molar-refractivity contribution in [1.82, 2.24) is 9.59 Å². The van der Waals surface area contributed by atoms with E-state index in [9.17, 15) is 5.11 Å². The molecule has 0 saturated heterocycles. The van der Waals surface area contributed by atoms with E-state index in [-0.39, 0.29) is 5.41 Å². The van der Waals surface area contributed by atoms with Gasteiger partial charge in [0, 0.05) is 5.41 Å². The zero-order valence-corrected chi connectivity index (χ0v) is 13.7. The Kier molecular flexibility index (Phi) is 3.84. The molecule has 1 unspecified atom stereocenters. The molecule has 1 N–H and O–H groups in total. The van der Waals surface area contributed by atoms with Gasteiger partial charge in [0.2, 0.25) is 0 Å². The van der Waals surface area contributed by atoms with E-state index in [1.165, 1.54) is 36.4 Å². The van der Waals surface area contributed by atoms with E-state index in [1.807, 2.05) is 6.07 Å². The van der Waals surface area contributed by atoms with E-state index in [0.29, 0.717) is 5.92 Å². The molecule has 1 atom stereocenters. The molecule has 0 amide bonds. The Bertz CT molecular complexity index is 626. The predicted octanol–water partition coefficient (Wildman–Crippen LogP) is 4.18. The Morgan fingerprint density at radius 3 is 2.67 bits per heavy atom. The van der Waals surface area contributed by atoms with Gasteiger partial charge in [-0.15, -0.1) is 5.10 Å².